The van der Waals surface area contributed by atoms with Gasteiger partial charge in [-0.05, 0) is 31.3 Å². The molecule has 0 radical (unpaired) electrons. The zero-order chi connectivity index (χ0) is 15.1. The van der Waals surface area contributed by atoms with Crippen molar-refractivity contribution < 1.29 is 4.79 Å². The summed E-state index contributed by atoms with van der Waals surface area (Å²) in [4.78, 5) is 11.3. The molecule has 0 saturated heterocycles. The van der Waals surface area contributed by atoms with E-state index in [1.807, 2.05) is 32.1 Å². The molecule has 0 aromatic carbocycles. The van der Waals surface area contributed by atoms with Gasteiger partial charge in [0.25, 0.3) is 0 Å². The molecule has 0 fully saturated rings. The van der Waals surface area contributed by atoms with Crippen LogP contribution in [-0.4, -0.2) is 5.91 Å². The molecule has 1 amide bonds. The van der Waals surface area contributed by atoms with Crippen molar-refractivity contribution in [2.24, 2.45) is 11.1 Å². The molecule has 0 unspecified atom stereocenters. The summed E-state index contributed by atoms with van der Waals surface area (Å²) in [5, 5.41) is 0. The van der Waals surface area contributed by atoms with Crippen molar-refractivity contribution in [3.63, 3.8) is 0 Å². The highest BCUT2D eigenvalue weighted by Gasteiger charge is 2.23. The fraction of sp³-hybridized carbons (Fsp3) is 0.353. The molecule has 0 aromatic heterocycles. The fourth-order valence-corrected chi connectivity index (χ4v) is 1.66. The third kappa shape index (κ3) is 6.05. The molecule has 0 rings (SSSR count). The first-order valence-corrected chi connectivity index (χ1v) is 6.36. The maximum Gasteiger partial charge on any atom is 0.244 e. The molecule has 2 heteroatoms. The smallest absolute Gasteiger partial charge is 0.244 e. The topological polar surface area (TPSA) is 43.1 Å². The fourth-order valence-electron chi connectivity index (χ4n) is 1.66. The van der Waals surface area contributed by atoms with E-state index in [2.05, 4.69) is 27.0 Å². The van der Waals surface area contributed by atoms with Crippen LogP contribution >= 0.6 is 0 Å². The molecule has 0 aliphatic carbocycles. The van der Waals surface area contributed by atoms with Crippen LogP contribution in [-0.2, 0) is 4.79 Å². The summed E-state index contributed by atoms with van der Waals surface area (Å²) in [6.07, 6.45) is 9.97. The Bertz CT molecular complexity index is 448. The summed E-state index contributed by atoms with van der Waals surface area (Å²) in [7, 11) is 0. The first kappa shape index (κ1) is 17.2. The number of hydrogen-bond acceptors (Lipinski definition) is 1. The van der Waals surface area contributed by atoms with Gasteiger partial charge in [0.2, 0.25) is 5.91 Å². The van der Waals surface area contributed by atoms with Gasteiger partial charge >= 0.3 is 0 Å². The number of carbonyl (C=O) groups excluding carboxylic acids is 1. The van der Waals surface area contributed by atoms with Gasteiger partial charge in [0.15, 0.2) is 0 Å². The van der Waals surface area contributed by atoms with E-state index < -0.39 is 0 Å². The van der Waals surface area contributed by atoms with Gasteiger partial charge in [0, 0.05) is 5.57 Å². The van der Waals surface area contributed by atoms with Gasteiger partial charge in [0.05, 0.1) is 0 Å². The highest BCUT2D eigenvalue weighted by Crippen LogP contribution is 2.33. The van der Waals surface area contributed by atoms with Crippen molar-refractivity contribution in [3.8, 4) is 0 Å². The van der Waals surface area contributed by atoms with Gasteiger partial charge in [-0.15, -0.1) is 0 Å². The van der Waals surface area contributed by atoms with Gasteiger partial charge < -0.3 is 5.73 Å². The summed E-state index contributed by atoms with van der Waals surface area (Å²) in [5.41, 5.74) is 7.84. The predicted molar refractivity (Wildman–Crippen MR) is 83.6 cm³/mol. The summed E-state index contributed by atoms with van der Waals surface area (Å²) in [6, 6.07) is 0. The minimum atomic E-state index is -0.365. The third-order valence-electron chi connectivity index (χ3n) is 3.06. The lowest BCUT2D eigenvalue weighted by atomic mass is 9.78. The Morgan fingerprint density at radius 2 is 1.95 bits per heavy atom. The van der Waals surface area contributed by atoms with Crippen LogP contribution in [0.3, 0.4) is 0 Å². The lowest BCUT2D eigenvalue weighted by Crippen LogP contribution is -2.21. The Morgan fingerprint density at radius 3 is 2.37 bits per heavy atom. The number of nitrogens with two attached hydrogens (primary N) is 1. The van der Waals surface area contributed by atoms with E-state index in [1.54, 1.807) is 12.2 Å². The van der Waals surface area contributed by atoms with Crippen molar-refractivity contribution in [2.45, 2.75) is 34.1 Å². The van der Waals surface area contributed by atoms with Crippen molar-refractivity contribution in [2.75, 3.05) is 0 Å². The lowest BCUT2D eigenvalue weighted by Gasteiger charge is -2.26. The molecule has 0 spiro atoms. The molecule has 2 nitrogen and oxygen atoms in total. The van der Waals surface area contributed by atoms with E-state index in [1.165, 1.54) is 0 Å². The Kier molecular flexibility index (Phi) is 6.84. The van der Waals surface area contributed by atoms with Crippen LogP contribution in [0.1, 0.15) is 34.1 Å². The lowest BCUT2D eigenvalue weighted by molar-refractivity contribution is -0.114. The zero-order valence-electron chi connectivity index (χ0n) is 12.5. The van der Waals surface area contributed by atoms with Crippen LogP contribution in [0.4, 0.5) is 0 Å². The third-order valence-corrected chi connectivity index (χ3v) is 3.06. The molecule has 104 valence electrons. The van der Waals surface area contributed by atoms with Gasteiger partial charge in [-0.3, -0.25) is 4.79 Å². The van der Waals surface area contributed by atoms with Gasteiger partial charge in [0.1, 0.15) is 0 Å². The largest absolute Gasteiger partial charge is 0.366 e. The Morgan fingerprint density at radius 1 is 1.37 bits per heavy atom. The molecule has 0 heterocycles. The average Bonchev–Trinajstić information content (AvgIpc) is 2.32. The van der Waals surface area contributed by atoms with Crippen LogP contribution < -0.4 is 5.73 Å². The van der Waals surface area contributed by atoms with Crippen LogP contribution in [0.2, 0.25) is 0 Å². The van der Waals surface area contributed by atoms with Crippen molar-refractivity contribution >= 4 is 5.91 Å². The number of rotatable bonds is 7. The van der Waals surface area contributed by atoms with Crippen molar-refractivity contribution in [1.29, 1.82) is 0 Å². The Hall–Kier alpha value is -1.83. The number of primary amides is 1. The van der Waals surface area contributed by atoms with Crippen molar-refractivity contribution in [3.05, 3.63) is 60.3 Å². The number of amides is 1. The summed E-state index contributed by atoms with van der Waals surface area (Å²) < 4.78 is 0. The summed E-state index contributed by atoms with van der Waals surface area (Å²) in [5.74, 6) is -0.365. The maximum absolute atomic E-state index is 11.3. The second kappa shape index (κ2) is 7.57. The van der Waals surface area contributed by atoms with Crippen molar-refractivity contribution in [1.82, 2.24) is 0 Å². The highest BCUT2D eigenvalue weighted by molar-refractivity contribution is 5.91. The first-order chi connectivity index (χ1) is 8.74. The van der Waals surface area contributed by atoms with Crippen LogP contribution in [0.5, 0.6) is 0 Å². The molecule has 0 aromatic rings. The molecule has 2 N–H and O–H groups in total. The van der Waals surface area contributed by atoms with Gasteiger partial charge in [-0.25, -0.2) is 0 Å². The summed E-state index contributed by atoms with van der Waals surface area (Å²) in [6.45, 7) is 15.7. The second-order valence-electron chi connectivity index (χ2n) is 5.25. The Labute approximate surface area is 117 Å². The predicted octanol–water partition coefficient (Wildman–Crippen LogP) is 4.08. The van der Waals surface area contributed by atoms with Gasteiger partial charge in [-0.2, -0.15) is 0 Å². The van der Waals surface area contributed by atoms with E-state index in [0.717, 1.165) is 11.1 Å². The zero-order valence-corrected chi connectivity index (χ0v) is 12.5. The molecule has 0 bridgehead atoms. The second-order valence-corrected chi connectivity index (χ2v) is 5.25. The average molecular weight is 259 g/mol. The van der Waals surface area contributed by atoms with Crippen LogP contribution in [0.25, 0.3) is 0 Å². The molecule has 0 saturated carbocycles. The molecule has 0 aliphatic heterocycles. The van der Waals surface area contributed by atoms with Gasteiger partial charge in [-0.1, -0.05) is 63.0 Å². The first-order valence-electron chi connectivity index (χ1n) is 6.36. The molecular weight excluding hydrogens is 234 g/mol. The maximum atomic E-state index is 11.3. The minimum Gasteiger partial charge on any atom is -0.366 e. The van der Waals surface area contributed by atoms with E-state index in [4.69, 9.17) is 5.73 Å². The molecular formula is C17H25NO. The van der Waals surface area contributed by atoms with E-state index in [0.29, 0.717) is 12.0 Å². The quantitative estimate of drug-likeness (QED) is 0.543. The van der Waals surface area contributed by atoms with Crippen LogP contribution in [0, 0.1) is 5.41 Å². The minimum absolute atomic E-state index is 0.208. The normalized spacial score (nSPS) is 13.7. The number of hydrogen-bond donors (Lipinski definition) is 1. The van der Waals surface area contributed by atoms with E-state index in [9.17, 15) is 4.79 Å². The molecule has 19 heavy (non-hydrogen) atoms. The standard InChI is InChI=1S/C17H25NO/c1-7-9-10-13(3)11-14(4)17(5,6)12-15(8-2)16(18)19/h7-11H,1,4,12H2,2-3,5-6H3,(H2,18,19)/b10-9-,13-11-,15-8+. The Balaban J connectivity index is 5.01. The molecule has 0 aliphatic rings. The van der Waals surface area contributed by atoms with Crippen LogP contribution in [0.15, 0.2) is 60.3 Å². The van der Waals surface area contributed by atoms with E-state index >= 15 is 0 Å². The highest BCUT2D eigenvalue weighted by atomic mass is 16.1. The summed E-state index contributed by atoms with van der Waals surface area (Å²) >= 11 is 0. The number of carbonyl (C=O) groups is 1. The number of allylic oxidation sites excluding steroid dienone is 7. The SMILES string of the molecule is C=C/C=C\C(C)=C/C(=C)C(C)(C)C/C(=C\C)C(N)=O. The van der Waals surface area contributed by atoms with E-state index in [-0.39, 0.29) is 11.3 Å². The molecule has 0 atom stereocenters. The monoisotopic (exact) mass is 259 g/mol.